The second-order valence-electron chi connectivity index (χ2n) is 5.25. The van der Waals surface area contributed by atoms with Gasteiger partial charge in [0, 0.05) is 35.4 Å². The quantitative estimate of drug-likeness (QED) is 0.788. The second kappa shape index (κ2) is 7.12. The molecule has 21 heavy (non-hydrogen) atoms. The number of benzene rings is 2. The normalized spacial score (nSPS) is 16.2. The van der Waals surface area contributed by atoms with E-state index in [0.717, 1.165) is 67.4 Å². The minimum atomic E-state index is 0.725. The highest BCUT2D eigenvalue weighted by atomic mass is 35.5. The van der Waals surface area contributed by atoms with Crippen molar-refractivity contribution in [2.75, 3.05) is 39.5 Å². The van der Waals surface area contributed by atoms with Crippen LogP contribution in [0.25, 0.3) is 10.8 Å². The van der Waals surface area contributed by atoms with Crippen LogP contribution in [-0.4, -0.2) is 44.4 Å². The van der Waals surface area contributed by atoms with E-state index in [9.17, 15) is 0 Å². The zero-order chi connectivity index (χ0) is 14.5. The predicted molar refractivity (Wildman–Crippen MR) is 86.3 cm³/mol. The molecule has 0 bridgehead atoms. The molecule has 2 aromatic carbocycles. The van der Waals surface area contributed by atoms with Gasteiger partial charge in [-0.25, -0.2) is 0 Å². The highest BCUT2D eigenvalue weighted by Gasteiger charge is 2.10. The van der Waals surface area contributed by atoms with Gasteiger partial charge in [-0.15, -0.1) is 0 Å². The third-order valence-corrected chi connectivity index (χ3v) is 4.14. The van der Waals surface area contributed by atoms with Crippen molar-refractivity contribution in [1.82, 2.24) is 4.90 Å². The Balaban J connectivity index is 1.57. The van der Waals surface area contributed by atoms with Crippen LogP contribution in [0.4, 0.5) is 0 Å². The molecule has 0 unspecified atom stereocenters. The van der Waals surface area contributed by atoms with Crippen LogP contribution in [0.2, 0.25) is 5.02 Å². The van der Waals surface area contributed by atoms with Gasteiger partial charge in [-0.1, -0.05) is 35.9 Å². The third kappa shape index (κ3) is 3.67. The van der Waals surface area contributed by atoms with E-state index >= 15 is 0 Å². The first kappa shape index (κ1) is 14.6. The van der Waals surface area contributed by atoms with E-state index in [1.165, 1.54) is 0 Å². The summed E-state index contributed by atoms with van der Waals surface area (Å²) in [7, 11) is 0. The van der Waals surface area contributed by atoms with Crippen molar-refractivity contribution in [2.45, 2.75) is 6.42 Å². The molecule has 3 nitrogen and oxygen atoms in total. The molecule has 0 atom stereocenters. The molecule has 0 saturated carbocycles. The Morgan fingerprint density at radius 3 is 2.62 bits per heavy atom. The molecule has 0 spiro atoms. The average Bonchev–Trinajstić information content (AvgIpc) is 2.55. The zero-order valence-corrected chi connectivity index (χ0v) is 12.8. The predicted octanol–water partition coefficient (Wildman–Crippen LogP) is 3.59. The average molecular weight is 306 g/mol. The molecule has 0 N–H and O–H groups in total. The molecule has 2 aromatic rings. The van der Waals surface area contributed by atoms with E-state index in [0.29, 0.717) is 0 Å². The molecule has 3 rings (SSSR count). The molecule has 1 heterocycles. The van der Waals surface area contributed by atoms with Gasteiger partial charge in [-0.2, -0.15) is 0 Å². The fourth-order valence-electron chi connectivity index (χ4n) is 2.66. The standard InChI is InChI=1S/C17H20ClNO2/c18-16-6-7-17(15-5-2-1-4-14(15)16)21-11-3-8-19-9-12-20-13-10-19/h1-2,4-7H,3,8-13H2. The summed E-state index contributed by atoms with van der Waals surface area (Å²) in [5.41, 5.74) is 0. The minimum absolute atomic E-state index is 0.725. The van der Waals surface area contributed by atoms with Gasteiger partial charge in [0.1, 0.15) is 5.75 Å². The monoisotopic (exact) mass is 305 g/mol. The lowest BCUT2D eigenvalue weighted by molar-refractivity contribution is 0.0358. The summed E-state index contributed by atoms with van der Waals surface area (Å²) in [6.45, 7) is 5.55. The lowest BCUT2D eigenvalue weighted by Gasteiger charge is -2.26. The zero-order valence-electron chi connectivity index (χ0n) is 12.1. The van der Waals surface area contributed by atoms with Gasteiger partial charge in [0.2, 0.25) is 0 Å². The van der Waals surface area contributed by atoms with E-state index in [1.54, 1.807) is 0 Å². The number of halogens is 1. The van der Waals surface area contributed by atoms with E-state index in [-0.39, 0.29) is 0 Å². The number of fused-ring (bicyclic) bond motifs is 1. The van der Waals surface area contributed by atoms with Gasteiger partial charge in [-0.3, -0.25) is 4.90 Å². The van der Waals surface area contributed by atoms with Crippen LogP contribution >= 0.6 is 11.6 Å². The molecule has 0 amide bonds. The lowest BCUT2D eigenvalue weighted by Crippen LogP contribution is -2.37. The molecular formula is C17H20ClNO2. The summed E-state index contributed by atoms with van der Waals surface area (Å²) < 4.78 is 11.3. The molecule has 112 valence electrons. The van der Waals surface area contributed by atoms with Crippen molar-refractivity contribution in [3.05, 3.63) is 41.4 Å². The van der Waals surface area contributed by atoms with E-state index in [4.69, 9.17) is 21.1 Å². The van der Waals surface area contributed by atoms with E-state index in [1.807, 2.05) is 30.3 Å². The number of rotatable bonds is 5. The van der Waals surface area contributed by atoms with Crippen molar-refractivity contribution in [3.8, 4) is 5.75 Å². The molecular weight excluding hydrogens is 286 g/mol. The number of ether oxygens (including phenoxy) is 2. The fourth-order valence-corrected chi connectivity index (χ4v) is 2.88. The van der Waals surface area contributed by atoms with Crippen molar-refractivity contribution in [3.63, 3.8) is 0 Å². The molecule has 0 aliphatic carbocycles. The summed E-state index contributed by atoms with van der Waals surface area (Å²) in [4.78, 5) is 2.42. The largest absolute Gasteiger partial charge is 0.493 e. The minimum Gasteiger partial charge on any atom is -0.493 e. The summed E-state index contributed by atoms with van der Waals surface area (Å²) in [6, 6.07) is 12.0. The van der Waals surface area contributed by atoms with Gasteiger partial charge in [0.25, 0.3) is 0 Å². The van der Waals surface area contributed by atoms with Crippen molar-refractivity contribution < 1.29 is 9.47 Å². The number of hydrogen-bond donors (Lipinski definition) is 0. The fraction of sp³-hybridized carbons (Fsp3) is 0.412. The maximum Gasteiger partial charge on any atom is 0.127 e. The van der Waals surface area contributed by atoms with Gasteiger partial charge >= 0.3 is 0 Å². The van der Waals surface area contributed by atoms with Gasteiger partial charge in [-0.05, 0) is 18.6 Å². The van der Waals surface area contributed by atoms with Gasteiger partial charge in [0.05, 0.1) is 19.8 Å². The Kier molecular flexibility index (Phi) is 4.96. The van der Waals surface area contributed by atoms with Crippen molar-refractivity contribution in [1.29, 1.82) is 0 Å². The van der Waals surface area contributed by atoms with Crippen molar-refractivity contribution >= 4 is 22.4 Å². The van der Waals surface area contributed by atoms with Crippen LogP contribution < -0.4 is 4.74 Å². The Bertz CT molecular complexity index is 596. The number of nitrogens with zero attached hydrogens (tertiary/aromatic N) is 1. The maximum atomic E-state index is 6.22. The first-order valence-corrected chi connectivity index (χ1v) is 7.82. The number of hydrogen-bond acceptors (Lipinski definition) is 3. The van der Waals surface area contributed by atoms with Crippen LogP contribution in [-0.2, 0) is 4.74 Å². The SMILES string of the molecule is Clc1ccc(OCCCN2CCOCC2)c2ccccc12. The van der Waals surface area contributed by atoms with Gasteiger partial charge < -0.3 is 9.47 Å². The van der Waals surface area contributed by atoms with Crippen LogP contribution in [0.5, 0.6) is 5.75 Å². The molecule has 4 heteroatoms. The highest BCUT2D eigenvalue weighted by molar-refractivity contribution is 6.35. The first-order chi connectivity index (χ1) is 10.3. The lowest BCUT2D eigenvalue weighted by atomic mass is 10.1. The second-order valence-corrected chi connectivity index (χ2v) is 5.65. The van der Waals surface area contributed by atoms with Crippen LogP contribution in [0, 0.1) is 0 Å². The molecule has 0 aromatic heterocycles. The smallest absolute Gasteiger partial charge is 0.127 e. The van der Waals surface area contributed by atoms with E-state index in [2.05, 4.69) is 11.0 Å². The Morgan fingerprint density at radius 2 is 1.81 bits per heavy atom. The summed E-state index contributed by atoms with van der Waals surface area (Å²) in [5.74, 6) is 0.914. The summed E-state index contributed by atoms with van der Waals surface area (Å²) >= 11 is 6.22. The molecule has 1 aliphatic rings. The summed E-state index contributed by atoms with van der Waals surface area (Å²) in [5, 5.41) is 2.90. The Labute approximate surface area is 130 Å². The first-order valence-electron chi connectivity index (χ1n) is 7.45. The molecule has 1 aliphatic heterocycles. The van der Waals surface area contributed by atoms with Crippen LogP contribution in [0.3, 0.4) is 0 Å². The summed E-state index contributed by atoms with van der Waals surface area (Å²) in [6.07, 6.45) is 1.02. The molecule has 1 saturated heterocycles. The third-order valence-electron chi connectivity index (χ3n) is 3.81. The van der Waals surface area contributed by atoms with Crippen molar-refractivity contribution in [2.24, 2.45) is 0 Å². The number of morpholine rings is 1. The Morgan fingerprint density at radius 1 is 1.05 bits per heavy atom. The Hall–Kier alpha value is -1.29. The van der Waals surface area contributed by atoms with Crippen LogP contribution in [0.15, 0.2) is 36.4 Å². The molecule has 0 radical (unpaired) electrons. The molecule has 1 fully saturated rings. The topological polar surface area (TPSA) is 21.7 Å². The maximum absolute atomic E-state index is 6.22. The van der Waals surface area contributed by atoms with Crippen LogP contribution in [0.1, 0.15) is 6.42 Å². The van der Waals surface area contributed by atoms with Gasteiger partial charge in [0.15, 0.2) is 0 Å². The van der Waals surface area contributed by atoms with E-state index < -0.39 is 0 Å². The highest BCUT2D eigenvalue weighted by Crippen LogP contribution is 2.31.